The Balaban J connectivity index is 1.96. The molecule has 108 valence electrons. The van der Waals surface area contributed by atoms with Crippen molar-refractivity contribution in [1.82, 2.24) is 20.1 Å². The van der Waals surface area contributed by atoms with Gasteiger partial charge < -0.3 is 14.6 Å². The molecule has 0 spiro atoms. The molecule has 0 bridgehead atoms. The minimum absolute atomic E-state index is 0.115. The van der Waals surface area contributed by atoms with Gasteiger partial charge in [-0.05, 0) is 5.92 Å². The van der Waals surface area contributed by atoms with E-state index in [0.29, 0.717) is 17.6 Å². The Kier molecular flexibility index (Phi) is 4.44. The Hall–Kier alpha value is -2.25. The molecule has 0 saturated carbocycles. The standard InChI is InChI=1S/C12H16FN5O2/c1-7(2)4-10-16-9(18-20-10)6-15-12-14-5-8(13)11(17-12)19-3/h5,7H,4,6H2,1-3H3,(H,14,15,17). The molecule has 0 aromatic carbocycles. The van der Waals surface area contributed by atoms with E-state index in [1.165, 1.54) is 7.11 Å². The van der Waals surface area contributed by atoms with Crippen LogP contribution in [0.3, 0.4) is 0 Å². The van der Waals surface area contributed by atoms with E-state index >= 15 is 0 Å². The van der Waals surface area contributed by atoms with Gasteiger partial charge in [0.15, 0.2) is 5.82 Å². The van der Waals surface area contributed by atoms with E-state index in [-0.39, 0.29) is 18.4 Å². The van der Waals surface area contributed by atoms with Gasteiger partial charge in [0.25, 0.3) is 5.88 Å². The number of hydrogen-bond acceptors (Lipinski definition) is 7. The van der Waals surface area contributed by atoms with Crippen LogP contribution in [0.2, 0.25) is 0 Å². The predicted octanol–water partition coefficient (Wildman–Crippen LogP) is 1.82. The van der Waals surface area contributed by atoms with Crippen LogP contribution in [0.1, 0.15) is 25.6 Å². The highest BCUT2D eigenvalue weighted by Crippen LogP contribution is 2.14. The van der Waals surface area contributed by atoms with Gasteiger partial charge in [0.2, 0.25) is 17.7 Å². The van der Waals surface area contributed by atoms with Crippen molar-refractivity contribution < 1.29 is 13.7 Å². The van der Waals surface area contributed by atoms with Crippen LogP contribution < -0.4 is 10.1 Å². The van der Waals surface area contributed by atoms with Crippen molar-refractivity contribution in [3.63, 3.8) is 0 Å². The highest BCUT2D eigenvalue weighted by atomic mass is 19.1. The molecular formula is C12H16FN5O2. The molecule has 20 heavy (non-hydrogen) atoms. The Morgan fingerprint density at radius 2 is 2.20 bits per heavy atom. The first-order valence-electron chi connectivity index (χ1n) is 6.20. The third kappa shape index (κ3) is 3.62. The Morgan fingerprint density at radius 1 is 1.40 bits per heavy atom. The van der Waals surface area contributed by atoms with Crippen LogP contribution in [-0.2, 0) is 13.0 Å². The summed E-state index contributed by atoms with van der Waals surface area (Å²) < 4.78 is 23.0. The quantitative estimate of drug-likeness (QED) is 0.864. The van der Waals surface area contributed by atoms with Crippen LogP contribution in [-0.4, -0.2) is 27.2 Å². The molecule has 0 atom stereocenters. The molecule has 7 nitrogen and oxygen atoms in total. The summed E-state index contributed by atoms with van der Waals surface area (Å²) in [7, 11) is 1.34. The predicted molar refractivity (Wildman–Crippen MR) is 68.7 cm³/mol. The van der Waals surface area contributed by atoms with Crippen LogP contribution in [0.15, 0.2) is 10.7 Å². The van der Waals surface area contributed by atoms with Gasteiger partial charge in [-0.15, -0.1) is 0 Å². The highest BCUT2D eigenvalue weighted by molar-refractivity contribution is 5.28. The second-order valence-corrected chi connectivity index (χ2v) is 4.61. The van der Waals surface area contributed by atoms with E-state index in [1.54, 1.807) is 0 Å². The molecule has 2 aromatic heterocycles. The SMILES string of the molecule is COc1nc(NCc2noc(CC(C)C)n2)ncc1F. The molecule has 2 aromatic rings. The van der Waals surface area contributed by atoms with Gasteiger partial charge >= 0.3 is 0 Å². The maximum atomic E-state index is 13.1. The normalized spacial score (nSPS) is 10.8. The minimum atomic E-state index is -0.614. The van der Waals surface area contributed by atoms with Gasteiger partial charge in [-0.1, -0.05) is 19.0 Å². The third-order valence-electron chi connectivity index (χ3n) is 2.40. The number of methoxy groups -OCH3 is 1. The number of ether oxygens (including phenoxy) is 1. The summed E-state index contributed by atoms with van der Waals surface area (Å²) in [5.74, 6) is 1.04. The molecule has 0 aliphatic rings. The summed E-state index contributed by atoms with van der Waals surface area (Å²) in [6.07, 6.45) is 1.77. The number of halogens is 1. The zero-order valence-electron chi connectivity index (χ0n) is 11.6. The fourth-order valence-corrected chi connectivity index (χ4v) is 1.53. The van der Waals surface area contributed by atoms with Gasteiger partial charge in [-0.3, -0.25) is 0 Å². The highest BCUT2D eigenvalue weighted by Gasteiger charge is 2.10. The second-order valence-electron chi connectivity index (χ2n) is 4.61. The number of hydrogen-bond donors (Lipinski definition) is 1. The molecule has 2 rings (SSSR count). The molecular weight excluding hydrogens is 265 g/mol. The van der Waals surface area contributed by atoms with Gasteiger partial charge in [0.05, 0.1) is 19.9 Å². The minimum Gasteiger partial charge on any atom is -0.479 e. The van der Waals surface area contributed by atoms with Crippen molar-refractivity contribution in [2.75, 3.05) is 12.4 Å². The van der Waals surface area contributed by atoms with Crippen LogP contribution >= 0.6 is 0 Å². The van der Waals surface area contributed by atoms with E-state index in [1.807, 2.05) is 0 Å². The Labute approximate surface area is 115 Å². The molecule has 0 amide bonds. The molecule has 8 heteroatoms. The first-order chi connectivity index (χ1) is 9.58. The van der Waals surface area contributed by atoms with Crippen LogP contribution in [0.5, 0.6) is 5.88 Å². The number of anilines is 1. The van der Waals surface area contributed by atoms with Gasteiger partial charge in [-0.25, -0.2) is 4.98 Å². The van der Waals surface area contributed by atoms with E-state index in [2.05, 4.69) is 39.3 Å². The first-order valence-corrected chi connectivity index (χ1v) is 6.20. The molecule has 0 fully saturated rings. The lowest BCUT2D eigenvalue weighted by atomic mass is 10.1. The largest absolute Gasteiger partial charge is 0.479 e. The van der Waals surface area contributed by atoms with E-state index < -0.39 is 5.82 Å². The molecule has 0 aliphatic carbocycles. The molecule has 0 saturated heterocycles. The van der Waals surface area contributed by atoms with Crippen molar-refractivity contribution in [1.29, 1.82) is 0 Å². The summed E-state index contributed by atoms with van der Waals surface area (Å²) in [6.45, 7) is 4.43. The number of aromatic nitrogens is 4. The van der Waals surface area contributed by atoms with E-state index in [4.69, 9.17) is 9.26 Å². The lowest BCUT2D eigenvalue weighted by Crippen LogP contribution is -2.06. The van der Waals surface area contributed by atoms with Gasteiger partial charge in [-0.2, -0.15) is 14.4 Å². The van der Waals surface area contributed by atoms with Crippen molar-refractivity contribution >= 4 is 5.95 Å². The summed E-state index contributed by atoms with van der Waals surface area (Å²) in [6, 6.07) is 0. The van der Waals surface area contributed by atoms with Crippen molar-refractivity contribution in [2.24, 2.45) is 5.92 Å². The second kappa shape index (κ2) is 6.27. The summed E-state index contributed by atoms with van der Waals surface area (Å²) >= 11 is 0. The number of rotatable bonds is 6. The molecule has 0 radical (unpaired) electrons. The fraction of sp³-hybridized carbons (Fsp3) is 0.500. The van der Waals surface area contributed by atoms with Gasteiger partial charge in [0, 0.05) is 6.42 Å². The lowest BCUT2D eigenvalue weighted by molar-refractivity contribution is 0.359. The Bertz CT molecular complexity index is 573. The maximum Gasteiger partial charge on any atom is 0.255 e. The smallest absolute Gasteiger partial charge is 0.255 e. The van der Waals surface area contributed by atoms with Gasteiger partial charge in [0.1, 0.15) is 0 Å². The monoisotopic (exact) mass is 281 g/mol. The van der Waals surface area contributed by atoms with Crippen LogP contribution in [0.4, 0.5) is 10.3 Å². The topological polar surface area (TPSA) is 86.0 Å². The molecule has 0 unspecified atom stereocenters. The van der Waals surface area contributed by atoms with E-state index in [9.17, 15) is 4.39 Å². The third-order valence-corrected chi connectivity index (χ3v) is 2.40. The van der Waals surface area contributed by atoms with E-state index in [0.717, 1.165) is 12.6 Å². The fourth-order valence-electron chi connectivity index (χ4n) is 1.53. The molecule has 0 aliphatic heterocycles. The average molecular weight is 281 g/mol. The maximum absolute atomic E-state index is 13.1. The summed E-state index contributed by atoms with van der Waals surface area (Å²) in [5, 5.41) is 6.71. The summed E-state index contributed by atoms with van der Waals surface area (Å²) in [4.78, 5) is 11.9. The first kappa shape index (κ1) is 14.2. The van der Waals surface area contributed by atoms with Crippen molar-refractivity contribution in [2.45, 2.75) is 26.8 Å². The average Bonchev–Trinajstić information content (AvgIpc) is 2.84. The van der Waals surface area contributed by atoms with Crippen molar-refractivity contribution in [3.8, 4) is 5.88 Å². The van der Waals surface area contributed by atoms with Crippen LogP contribution in [0, 0.1) is 11.7 Å². The van der Waals surface area contributed by atoms with Crippen molar-refractivity contribution in [3.05, 3.63) is 23.7 Å². The number of nitrogens with zero attached hydrogens (tertiary/aromatic N) is 4. The molecule has 1 N–H and O–H groups in total. The van der Waals surface area contributed by atoms with Crippen LogP contribution in [0.25, 0.3) is 0 Å². The zero-order valence-corrected chi connectivity index (χ0v) is 11.6. The summed E-state index contributed by atoms with van der Waals surface area (Å²) in [5.41, 5.74) is 0. The molecule has 2 heterocycles. The number of nitrogens with one attached hydrogen (secondary N) is 1. The Morgan fingerprint density at radius 3 is 2.90 bits per heavy atom. The lowest BCUT2D eigenvalue weighted by Gasteiger charge is -2.04. The zero-order chi connectivity index (χ0) is 14.5.